The van der Waals surface area contributed by atoms with Crippen LogP contribution < -0.4 is 15.0 Å². The number of rotatable bonds is 9. The molecule has 1 N–H and O–H groups in total. The van der Waals surface area contributed by atoms with E-state index in [-0.39, 0.29) is 19.1 Å². The van der Waals surface area contributed by atoms with Gasteiger partial charge in [0.15, 0.2) is 0 Å². The molecule has 0 saturated carbocycles. The van der Waals surface area contributed by atoms with Crippen molar-refractivity contribution in [3.63, 3.8) is 0 Å². The molecule has 2 unspecified atom stereocenters. The summed E-state index contributed by atoms with van der Waals surface area (Å²) in [7, 11) is 0.106. The first-order valence-corrected chi connectivity index (χ1v) is 13.4. The molecule has 204 valence electrons. The Bertz CT molecular complexity index is 1340. The lowest BCUT2D eigenvalue weighted by atomic mass is 10.2. The number of ether oxygens (including phenoxy) is 2. The highest BCUT2D eigenvalue weighted by Gasteiger charge is 2.32. The summed E-state index contributed by atoms with van der Waals surface area (Å²) >= 11 is 0. The van der Waals surface area contributed by atoms with E-state index in [9.17, 15) is 17.4 Å². The predicted octanol–water partition coefficient (Wildman–Crippen LogP) is 5.55. The van der Waals surface area contributed by atoms with E-state index in [0.29, 0.717) is 17.1 Å². The summed E-state index contributed by atoms with van der Waals surface area (Å²) in [5.41, 5.74) is 3.68. The van der Waals surface area contributed by atoms with Crippen molar-refractivity contribution in [2.75, 3.05) is 20.5 Å². The number of benzene rings is 2. The second-order valence-electron chi connectivity index (χ2n) is 8.30. The number of alkyl halides is 3. The zero-order valence-electron chi connectivity index (χ0n) is 21.4. The lowest BCUT2D eigenvalue weighted by molar-refractivity contribution is -0.141. The number of halogens is 3. The molecule has 0 fully saturated rings. The number of nitrogens with zero attached hydrogens (tertiary/aromatic N) is 3. The molecule has 3 rings (SSSR count). The SMILES string of the molecule is COc1ccc(CN=C(N=S(C)(=O)C(C)c2ccc(C(F)(F)F)nc2)NOCc2ccc(OC)cc2)cc1. The highest BCUT2D eigenvalue weighted by Crippen LogP contribution is 2.29. The predicted molar refractivity (Wildman–Crippen MR) is 139 cm³/mol. The Morgan fingerprint density at radius 3 is 2.05 bits per heavy atom. The molecule has 0 aliphatic rings. The molecule has 1 aromatic heterocycles. The molecule has 0 bridgehead atoms. The van der Waals surface area contributed by atoms with E-state index in [2.05, 4.69) is 19.8 Å². The Morgan fingerprint density at radius 1 is 0.974 bits per heavy atom. The summed E-state index contributed by atoms with van der Waals surface area (Å²) in [6.45, 7) is 1.97. The first kappa shape index (κ1) is 28.9. The number of methoxy groups -OCH3 is 2. The molecule has 3 aromatic rings. The van der Waals surface area contributed by atoms with Crippen molar-refractivity contribution in [2.45, 2.75) is 31.5 Å². The molecule has 0 spiro atoms. The van der Waals surface area contributed by atoms with Gasteiger partial charge in [0, 0.05) is 12.5 Å². The highest BCUT2D eigenvalue weighted by molar-refractivity contribution is 7.93. The number of nitrogens with one attached hydrogen (secondary N) is 1. The van der Waals surface area contributed by atoms with Gasteiger partial charge in [-0.1, -0.05) is 30.3 Å². The fraction of sp³-hybridized carbons (Fsp3) is 0.308. The van der Waals surface area contributed by atoms with Crippen LogP contribution in [-0.4, -0.2) is 35.6 Å². The highest BCUT2D eigenvalue weighted by atomic mass is 32.2. The Balaban J connectivity index is 1.82. The number of hydrogen-bond donors (Lipinski definition) is 1. The zero-order valence-corrected chi connectivity index (χ0v) is 22.2. The maximum absolute atomic E-state index is 13.6. The number of aliphatic imine (C=N–C) groups is 1. The lowest BCUT2D eigenvalue weighted by Crippen LogP contribution is -2.24. The van der Waals surface area contributed by atoms with E-state index in [0.717, 1.165) is 23.4 Å². The smallest absolute Gasteiger partial charge is 0.433 e. The molecular weight excluding hydrogens is 521 g/mol. The first-order chi connectivity index (χ1) is 18.0. The molecule has 38 heavy (non-hydrogen) atoms. The minimum absolute atomic E-state index is 0.0199. The van der Waals surface area contributed by atoms with Crippen LogP contribution in [0.3, 0.4) is 0 Å². The van der Waals surface area contributed by atoms with Crippen LogP contribution in [-0.2, 0) is 33.9 Å². The van der Waals surface area contributed by atoms with Gasteiger partial charge in [0.1, 0.15) is 17.2 Å². The normalized spacial score (nSPS) is 14.3. The van der Waals surface area contributed by atoms with Crippen molar-refractivity contribution >= 4 is 15.7 Å². The van der Waals surface area contributed by atoms with Crippen molar-refractivity contribution in [3.8, 4) is 11.5 Å². The summed E-state index contributed by atoms with van der Waals surface area (Å²) < 4.78 is 66.8. The molecule has 2 aromatic carbocycles. The van der Waals surface area contributed by atoms with Crippen molar-refractivity contribution in [1.29, 1.82) is 0 Å². The van der Waals surface area contributed by atoms with E-state index < -0.39 is 26.8 Å². The third-order valence-electron chi connectivity index (χ3n) is 5.60. The lowest BCUT2D eigenvalue weighted by Gasteiger charge is -2.16. The first-order valence-electron chi connectivity index (χ1n) is 11.4. The molecule has 0 saturated heterocycles. The van der Waals surface area contributed by atoms with Crippen molar-refractivity contribution in [2.24, 2.45) is 9.36 Å². The average molecular weight is 551 g/mol. The number of aromatic nitrogens is 1. The Hall–Kier alpha value is -3.64. The van der Waals surface area contributed by atoms with Gasteiger partial charge in [0.05, 0.1) is 42.4 Å². The van der Waals surface area contributed by atoms with Gasteiger partial charge in [0.2, 0.25) is 0 Å². The van der Waals surface area contributed by atoms with Crippen LogP contribution >= 0.6 is 0 Å². The number of guanidine groups is 1. The van der Waals surface area contributed by atoms with Crippen LogP contribution in [0.1, 0.15) is 34.6 Å². The molecule has 12 heteroatoms. The standard InChI is InChI=1S/C26H29F3N4O4S/c1-18(21-9-14-24(30-16-21)26(27,28)29)38(4,34)33-25(31-15-19-5-10-22(35-2)11-6-19)32-37-17-20-7-12-23(36-3)13-8-20/h5-14,16,18H,15,17H2,1-4H3,(H,31,32). The number of hydroxylamine groups is 1. The fourth-order valence-electron chi connectivity index (χ4n) is 3.20. The quantitative estimate of drug-likeness (QED) is 0.213. The largest absolute Gasteiger partial charge is 0.497 e. The molecular formula is C26H29F3N4O4S. The van der Waals surface area contributed by atoms with Crippen LogP contribution in [0.25, 0.3) is 0 Å². The third-order valence-corrected chi connectivity index (χ3v) is 7.72. The van der Waals surface area contributed by atoms with Crippen molar-refractivity contribution in [1.82, 2.24) is 10.5 Å². The average Bonchev–Trinajstić information content (AvgIpc) is 2.91. The Morgan fingerprint density at radius 2 is 1.55 bits per heavy atom. The number of pyridine rings is 1. The molecule has 2 atom stereocenters. The molecule has 1 heterocycles. The summed E-state index contributed by atoms with van der Waals surface area (Å²) in [4.78, 5) is 13.5. The summed E-state index contributed by atoms with van der Waals surface area (Å²) in [5, 5.41) is -0.744. The van der Waals surface area contributed by atoms with E-state index in [1.54, 1.807) is 45.4 Å². The van der Waals surface area contributed by atoms with Crippen LogP contribution in [0.15, 0.2) is 76.2 Å². The molecule has 0 aliphatic heterocycles. The summed E-state index contributed by atoms with van der Waals surface area (Å²) in [6, 6.07) is 16.6. The second kappa shape index (κ2) is 12.7. The van der Waals surface area contributed by atoms with Gasteiger partial charge in [-0.3, -0.25) is 9.82 Å². The van der Waals surface area contributed by atoms with Gasteiger partial charge in [-0.2, -0.15) is 17.5 Å². The van der Waals surface area contributed by atoms with Gasteiger partial charge in [-0.05, 0) is 53.9 Å². The monoisotopic (exact) mass is 550 g/mol. The van der Waals surface area contributed by atoms with E-state index in [1.165, 1.54) is 12.3 Å². The Kier molecular flexibility index (Phi) is 9.70. The van der Waals surface area contributed by atoms with E-state index >= 15 is 0 Å². The molecule has 0 radical (unpaired) electrons. The second-order valence-corrected chi connectivity index (χ2v) is 10.9. The molecule has 0 aliphatic carbocycles. The van der Waals surface area contributed by atoms with Gasteiger partial charge >= 0.3 is 6.18 Å². The maximum Gasteiger partial charge on any atom is 0.433 e. The van der Waals surface area contributed by atoms with Crippen molar-refractivity contribution in [3.05, 3.63) is 89.2 Å². The van der Waals surface area contributed by atoms with Crippen LogP contribution in [0.2, 0.25) is 0 Å². The number of hydrogen-bond acceptors (Lipinski definition) is 6. The topological polar surface area (TPSA) is 94.4 Å². The zero-order chi connectivity index (χ0) is 27.8. The summed E-state index contributed by atoms with van der Waals surface area (Å²) in [5.74, 6) is 1.38. The van der Waals surface area contributed by atoms with Gasteiger partial charge in [-0.15, -0.1) is 0 Å². The summed E-state index contributed by atoms with van der Waals surface area (Å²) in [6.07, 6.45) is -2.09. The van der Waals surface area contributed by atoms with E-state index in [1.807, 2.05) is 24.3 Å². The molecule has 8 nitrogen and oxygen atoms in total. The van der Waals surface area contributed by atoms with Crippen LogP contribution in [0, 0.1) is 0 Å². The third kappa shape index (κ3) is 8.18. The maximum atomic E-state index is 13.6. The fourth-order valence-corrected chi connectivity index (χ4v) is 4.44. The van der Waals surface area contributed by atoms with Crippen molar-refractivity contribution < 1.29 is 31.7 Å². The van der Waals surface area contributed by atoms with E-state index in [4.69, 9.17) is 14.3 Å². The molecule has 0 amide bonds. The van der Waals surface area contributed by atoms with Crippen LogP contribution in [0.5, 0.6) is 11.5 Å². The Labute approximate surface area is 220 Å². The van der Waals surface area contributed by atoms with Gasteiger partial charge in [0.25, 0.3) is 5.96 Å². The minimum atomic E-state index is -4.56. The van der Waals surface area contributed by atoms with Gasteiger partial charge < -0.3 is 9.47 Å². The van der Waals surface area contributed by atoms with Gasteiger partial charge in [-0.25, -0.2) is 14.7 Å². The van der Waals surface area contributed by atoms with Crippen LogP contribution in [0.4, 0.5) is 13.2 Å². The minimum Gasteiger partial charge on any atom is -0.497 e.